The van der Waals surface area contributed by atoms with Crippen LogP contribution in [-0.2, 0) is 6.18 Å². The van der Waals surface area contributed by atoms with Gasteiger partial charge in [-0.25, -0.2) is 9.07 Å². The number of rotatable bonds is 1. The minimum absolute atomic E-state index is 0.0933. The van der Waals surface area contributed by atoms with E-state index in [0.717, 1.165) is 23.0 Å². The van der Waals surface area contributed by atoms with E-state index in [-0.39, 0.29) is 5.69 Å². The summed E-state index contributed by atoms with van der Waals surface area (Å²) in [4.78, 5) is 0. The number of aromatic nitrogens is 2. The van der Waals surface area contributed by atoms with E-state index in [0.29, 0.717) is 6.20 Å². The highest BCUT2D eigenvalue weighted by atomic mass is 19.4. The number of phenols is 1. The second-order valence-electron chi connectivity index (χ2n) is 3.31. The maximum absolute atomic E-state index is 13.0. The highest BCUT2D eigenvalue weighted by Crippen LogP contribution is 2.29. The fourth-order valence-corrected chi connectivity index (χ4v) is 1.25. The van der Waals surface area contributed by atoms with Crippen molar-refractivity contribution in [2.75, 3.05) is 0 Å². The number of halogens is 4. The second kappa shape index (κ2) is 3.76. The molecule has 0 saturated heterocycles. The van der Waals surface area contributed by atoms with E-state index in [1.54, 1.807) is 0 Å². The molecule has 0 aliphatic rings. The highest BCUT2D eigenvalue weighted by molar-refractivity contribution is 5.37. The zero-order chi connectivity index (χ0) is 12.6. The van der Waals surface area contributed by atoms with Crippen LogP contribution in [0.1, 0.15) is 5.56 Å². The number of benzene rings is 1. The summed E-state index contributed by atoms with van der Waals surface area (Å²) in [7, 11) is 0. The van der Waals surface area contributed by atoms with Gasteiger partial charge in [0.1, 0.15) is 0 Å². The van der Waals surface area contributed by atoms with Crippen molar-refractivity contribution in [1.29, 1.82) is 0 Å². The predicted molar refractivity (Wildman–Crippen MR) is 50.2 cm³/mol. The summed E-state index contributed by atoms with van der Waals surface area (Å²) in [5.74, 6) is -1.50. The lowest BCUT2D eigenvalue weighted by Gasteiger charge is -2.03. The third-order valence-corrected chi connectivity index (χ3v) is 2.11. The monoisotopic (exact) mass is 246 g/mol. The van der Waals surface area contributed by atoms with E-state index >= 15 is 0 Å². The predicted octanol–water partition coefficient (Wildman–Crippen LogP) is 2.74. The van der Waals surface area contributed by atoms with E-state index in [4.69, 9.17) is 5.11 Å². The van der Waals surface area contributed by atoms with Gasteiger partial charge in [0.2, 0.25) is 0 Å². The second-order valence-corrected chi connectivity index (χ2v) is 3.31. The quantitative estimate of drug-likeness (QED) is 0.785. The summed E-state index contributed by atoms with van der Waals surface area (Å²) in [5.41, 5.74) is -0.832. The molecule has 3 nitrogen and oxygen atoms in total. The molecule has 1 aromatic carbocycles. The molecule has 2 aromatic rings. The molecule has 7 heteroatoms. The average Bonchev–Trinajstić information content (AvgIpc) is 2.70. The van der Waals surface area contributed by atoms with E-state index in [1.807, 2.05) is 0 Å². The van der Waals surface area contributed by atoms with Gasteiger partial charge < -0.3 is 5.11 Å². The molecule has 0 atom stereocenters. The van der Waals surface area contributed by atoms with Crippen molar-refractivity contribution in [2.45, 2.75) is 6.18 Å². The molecule has 0 aliphatic heterocycles. The molecule has 1 N–H and O–H groups in total. The Kier molecular flexibility index (Phi) is 2.53. The van der Waals surface area contributed by atoms with E-state index in [9.17, 15) is 17.6 Å². The average molecular weight is 246 g/mol. The first-order valence-corrected chi connectivity index (χ1v) is 4.48. The number of phenolic OH excluding ortho intramolecular Hbond substituents is 1. The van der Waals surface area contributed by atoms with Crippen molar-refractivity contribution in [3.63, 3.8) is 0 Å². The van der Waals surface area contributed by atoms with Crippen LogP contribution in [0.25, 0.3) is 5.69 Å². The van der Waals surface area contributed by atoms with Crippen LogP contribution in [-0.4, -0.2) is 14.9 Å². The van der Waals surface area contributed by atoms with Crippen LogP contribution in [0, 0.1) is 5.82 Å². The zero-order valence-corrected chi connectivity index (χ0v) is 8.24. The number of alkyl halides is 3. The Morgan fingerprint density at radius 3 is 2.47 bits per heavy atom. The van der Waals surface area contributed by atoms with Crippen LogP contribution in [0.2, 0.25) is 0 Å². The van der Waals surface area contributed by atoms with E-state index < -0.39 is 23.3 Å². The normalized spacial score (nSPS) is 11.8. The van der Waals surface area contributed by atoms with Gasteiger partial charge in [0.25, 0.3) is 0 Å². The molecule has 0 spiro atoms. The maximum Gasteiger partial charge on any atom is 0.419 e. The van der Waals surface area contributed by atoms with E-state index in [2.05, 4.69) is 5.10 Å². The molecule has 0 unspecified atom stereocenters. The minimum atomic E-state index is -4.49. The molecule has 1 aromatic heterocycles. The molecule has 0 radical (unpaired) electrons. The van der Waals surface area contributed by atoms with Crippen molar-refractivity contribution in [1.82, 2.24) is 9.78 Å². The van der Waals surface area contributed by atoms with Crippen LogP contribution in [0.4, 0.5) is 17.6 Å². The summed E-state index contributed by atoms with van der Waals surface area (Å²) in [6.45, 7) is 0. The number of nitrogens with zero attached hydrogens (tertiary/aromatic N) is 2. The van der Waals surface area contributed by atoms with Crippen molar-refractivity contribution in [2.24, 2.45) is 0 Å². The molecule has 1 heterocycles. The maximum atomic E-state index is 13.0. The SMILES string of the molecule is Oc1ccc(-n2cc(C(F)(F)F)cn2)cc1F. The molecule has 17 heavy (non-hydrogen) atoms. The summed E-state index contributed by atoms with van der Waals surface area (Å²) in [5, 5.41) is 12.4. The van der Waals surface area contributed by atoms with Crippen molar-refractivity contribution in [3.8, 4) is 11.4 Å². The van der Waals surface area contributed by atoms with Crippen molar-refractivity contribution in [3.05, 3.63) is 42.0 Å². The topological polar surface area (TPSA) is 38.0 Å². The fourth-order valence-electron chi connectivity index (χ4n) is 1.25. The minimum Gasteiger partial charge on any atom is -0.505 e. The Labute approximate surface area is 92.9 Å². The lowest BCUT2D eigenvalue weighted by Crippen LogP contribution is -2.03. The van der Waals surface area contributed by atoms with Gasteiger partial charge in [-0.2, -0.15) is 18.3 Å². The van der Waals surface area contributed by atoms with Crippen LogP contribution in [0.5, 0.6) is 5.75 Å². The number of hydrogen-bond acceptors (Lipinski definition) is 2. The molecule has 2 rings (SSSR count). The molecule has 90 valence electrons. The Morgan fingerprint density at radius 1 is 1.24 bits per heavy atom. The van der Waals surface area contributed by atoms with Crippen LogP contribution in [0.15, 0.2) is 30.6 Å². The van der Waals surface area contributed by atoms with Crippen LogP contribution >= 0.6 is 0 Å². The first-order chi connectivity index (χ1) is 7.88. The van der Waals surface area contributed by atoms with Gasteiger partial charge in [0.05, 0.1) is 17.4 Å². The summed E-state index contributed by atoms with van der Waals surface area (Å²) in [6.07, 6.45) is -3.11. The van der Waals surface area contributed by atoms with Gasteiger partial charge in [-0.05, 0) is 12.1 Å². The smallest absolute Gasteiger partial charge is 0.419 e. The summed E-state index contributed by atoms with van der Waals surface area (Å²) in [6, 6.07) is 3.19. The third-order valence-electron chi connectivity index (χ3n) is 2.11. The van der Waals surface area contributed by atoms with Crippen LogP contribution < -0.4 is 0 Å². The summed E-state index contributed by atoms with van der Waals surface area (Å²) < 4.78 is 50.8. The zero-order valence-electron chi connectivity index (χ0n) is 8.24. The molecule has 0 bridgehead atoms. The lowest BCUT2D eigenvalue weighted by atomic mass is 10.3. The first-order valence-electron chi connectivity index (χ1n) is 4.48. The van der Waals surface area contributed by atoms with Gasteiger partial charge in [0.15, 0.2) is 11.6 Å². The third kappa shape index (κ3) is 2.22. The molecule has 0 saturated carbocycles. The van der Waals surface area contributed by atoms with Gasteiger partial charge in [-0.1, -0.05) is 0 Å². The largest absolute Gasteiger partial charge is 0.505 e. The first kappa shape index (κ1) is 11.4. The number of aromatic hydroxyl groups is 1. The summed E-state index contributed by atoms with van der Waals surface area (Å²) >= 11 is 0. The molecule has 0 aliphatic carbocycles. The van der Waals surface area contributed by atoms with Gasteiger partial charge >= 0.3 is 6.18 Å². The Hall–Kier alpha value is -2.05. The van der Waals surface area contributed by atoms with Crippen LogP contribution in [0.3, 0.4) is 0 Å². The van der Waals surface area contributed by atoms with Gasteiger partial charge in [-0.3, -0.25) is 0 Å². The Morgan fingerprint density at radius 2 is 1.94 bits per heavy atom. The fraction of sp³-hybridized carbons (Fsp3) is 0.100. The Balaban J connectivity index is 2.40. The van der Waals surface area contributed by atoms with E-state index in [1.165, 1.54) is 6.07 Å². The van der Waals surface area contributed by atoms with Gasteiger partial charge in [-0.15, -0.1) is 0 Å². The Bertz CT molecular complexity index is 547. The standard InChI is InChI=1S/C10H6F4N2O/c11-8-3-7(1-2-9(8)17)16-5-6(4-15-16)10(12,13)14/h1-5,17H. The molecular formula is C10H6F4N2O. The highest BCUT2D eigenvalue weighted by Gasteiger charge is 2.32. The van der Waals surface area contributed by atoms with Gasteiger partial charge in [0, 0.05) is 12.3 Å². The molecule has 0 fully saturated rings. The number of hydrogen-bond donors (Lipinski definition) is 1. The molecule has 0 amide bonds. The molecular weight excluding hydrogens is 240 g/mol. The van der Waals surface area contributed by atoms with Crippen molar-refractivity contribution < 1.29 is 22.7 Å². The lowest BCUT2D eigenvalue weighted by molar-refractivity contribution is -0.137. The van der Waals surface area contributed by atoms with Crippen molar-refractivity contribution >= 4 is 0 Å².